The minimum Gasteiger partial charge on any atom is -0.388 e. The minimum atomic E-state index is -0.927. The molecule has 0 amide bonds. The molecule has 4 N–H and O–H groups in total. The molecule has 5 atom stereocenters. The number of aliphatic hydroxyl groups excluding tert-OH is 2. The van der Waals surface area contributed by atoms with E-state index in [1.807, 2.05) is 0 Å². The maximum Gasteiger partial charge on any atom is 0.159 e. The summed E-state index contributed by atoms with van der Waals surface area (Å²) in [6.45, 7) is 4.72. The number of aliphatic imine (C=N–C) groups is 1. The largest absolute Gasteiger partial charge is 0.388 e. The first-order valence-electron chi connectivity index (χ1n) is 5.92. The van der Waals surface area contributed by atoms with Crippen LogP contribution in [0.25, 0.3) is 0 Å². The lowest BCUT2D eigenvalue weighted by Crippen LogP contribution is -2.57. The van der Waals surface area contributed by atoms with Crippen molar-refractivity contribution in [2.45, 2.75) is 29.8 Å². The van der Waals surface area contributed by atoms with Gasteiger partial charge in [-0.3, -0.25) is 4.99 Å². The number of ether oxygens (including phenoxy) is 1. The summed E-state index contributed by atoms with van der Waals surface area (Å²) >= 11 is 1.44. The molecule has 0 bridgehead atoms. The number of thioether (sulfide) groups is 1. The predicted octanol–water partition coefficient (Wildman–Crippen LogP) is -0.257. The van der Waals surface area contributed by atoms with E-state index in [1.54, 1.807) is 13.1 Å². The molecule has 0 aliphatic carbocycles. The first kappa shape index (κ1) is 20.0. The highest BCUT2D eigenvalue weighted by atomic mass is 35.5. The molecule has 0 aromatic heterocycles. The molecule has 118 valence electrons. The van der Waals surface area contributed by atoms with Gasteiger partial charge in [0.05, 0.1) is 0 Å². The van der Waals surface area contributed by atoms with Gasteiger partial charge in [-0.05, 0) is 0 Å². The van der Waals surface area contributed by atoms with Crippen molar-refractivity contribution in [2.75, 3.05) is 20.1 Å². The molecule has 1 fully saturated rings. The van der Waals surface area contributed by atoms with Crippen LogP contribution in [0.1, 0.15) is 0 Å². The van der Waals surface area contributed by atoms with Crippen molar-refractivity contribution in [2.24, 2.45) is 4.99 Å². The van der Waals surface area contributed by atoms with Crippen LogP contribution >= 0.6 is 36.6 Å². The van der Waals surface area contributed by atoms with Crippen LogP contribution in [-0.4, -0.2) is 65.3 Å². The van der Waals surface area contributed by atoms with Crippen LogP contribution in [-0.2, 0) is 4.74 Å². The number of rotatable bonds is 4. The average Bonchev–Trinajstić information content (AvgIpc) is 2.79. The lowest BCUT2D eigenvalue weighted by molar-refractivity contribution is -0.150. The maximum absolute atomic E-state index is 10.1. The van der Waals surface area contributed by atoms with Crippen LogP contribution in [0.15, 0.2) is 17.6 Å². The van der Waals surface area contributed by atoms with E-state index in [1.165, 1.54) is 11.8 Å². The Kier molecular flexibility index (Phi) is 9.08. The van der Waals surface area contributed by atoms with Crippen molar-refractivity contribution in [1.29, 1.82) is 0 Å². The highest BCUT2D eigenvalue weighted by Crippen LogP contribution is 2.35. The van der Waals surface area contributed by atoms with Gasteiger partial charge in [0.1, 0.15) is 29.8 Å². The molecule has 1 saturated heterocycles. The molecule has 2 aliphatic rings. The third-order valence-electron chi connectivity index (χ3n) is 3.01. The topological polar surface area (TPSA) is 86.1 Å². The summed E-state index contributed by atoms with van der Waals surface area (Å²) in [5, 5.41) is 26.8. The molecule has 0 unspecified atom stereocenters. The number of aliphatic hydroxyl groups is 2. The number of amidine groups is 1. The van der Waals surface area contributed by atoms with E-state index >= 15 is 0 Å². The lowest BCUT2D eigenvalue weighted by Gasteiger charge is -2.38. The van der Waals surface area contributed by atoms with E-state index in [0.717, 1.165) is 5.17 Å². The molecule has 9 heteroatoms. The van der Waals surface area contributed by atoms with E-state index in [-0.39, 0.29) is 30.3 Å². The first-order valence-corrected chi connectivity index (χ1v) is 6.80. The van der Waals surface area contributed by atoms with Crippen molar-refractivity contribution in [1.82, 2.24) is 10.6 Å². The predicted molar refractivity (Wildman–Crippen MR) is 86.1 cm³/mol. The molecule has 0 radical (unpaired) electrons. The Morgan fingerprint density at radius 3 is 2.70 bits per heavy atom. The van der Waals surface area contributed by atoms with Crippen molar-refractivity contribution >= 4 is 41.7 Å². The fraction of sp³-hybridized carbons (Fsp3) is 0.727. The van der Waals surface area contributed by atoms with Crippen LogP contribution in [0.4, 0.5) is 0 Å². The normalized spacial score (nSPS) is 35.1. The van der Waals surface area contributed by atoms with Crippen LogP contribution in [0.2, 0.25) is 0 Å². The molecule has 2 aliphatic heterocycles. The van der Waals surface area contributed by atoms with Crippen molar-refractivity contribution in [3.8, 4) is 0 Å². The summed E-state index contributed by atoms with van der Waals surface area (Å²) in [6, 6.07) is -0.400. The molecule has 0 aromatic carbocycles. The fourth-order valence-electron chi connectivity index (χ4n) is 2.05. The number of halogens is 2. The minimum absolute atomic E-state index is 0. The lowest BCUT2D eigenvalue weighted by atomic mass is 9.98. The van der Waals surface area contributed by atoms with Gasteiger partial charge in [-0.2, -0.15) is 0 Å². The van der Waals surface area contributed by atoms with Gasteiger partial charge < -0.3 is 25.6 Å². The van der Waals surface area contributed by atoms with E-state index in [9.17, 15) is 10.2 Å². The summed E-state index contributed by atoms with van der Waals surface area (Å²) < 4.78 is 5.77. The summed E-state index contributed by atoms with van der Waals surface area (Å²) in [7, 11) is 1.77. The molecule has 0 saturated carbocycles. The Labute approximate surface area is 135 Å². The van der Waals surface area contributed by atoms with Gasteiger partial charge in [-0.15, -0.1) is 31.4 Å². The zero-order valence-corrected chi connectivity index (χ0v) is 13.5. The van der Waals surface area contributed by atoms with Crippen LogP contribution < -0.4 is 10.6 Å². The van der Waals surface area contributed by atoms with Crippen LogP contribution in [0, 0.1) is 0 Å². The molecule has 2 rings (SSSR count). The standard InChI is InChI=1S/C11H19N3O3S.2ClH/c1-3-4-13-5-6-8(15)9(16)7-10(17-6)18-11(12-2)14-7;;/h3,6-10,13,15-16H,1,4-5H2,2H3,(H,12,14);2*1H/t6-,7-,8-,9-,10-;;/m1../s1. The number of nitrogens with one attached hydrogen (secondary N) is 2. The fourth-order valence-corrected chi connectivity index (χ4v) is 3.13. The first-order chi connectivity index (χ1) is 8.67. The number of hydrogen-bond acceptors (Lipinski definition) is 7. The highest BCUT2D eigenvalue weighted by molar-refractivity contribution is 8.14. The smallest absolute Gasteiger partial charge is 0.159 e. The van der Waals surface area contributed by atoms with Gasteiger partial charge in [-0.25, -0.2) is 0 Å². The number of fused-ring (bicyclic) bond motifs is 1. The Hall–Kier alpha value is -0.0200. The van der Waals surface area contributed by atoms with Gasteiger partial charge in [0.2, 0.25) is 0 Å². The second kappa shape index (κ2) is 9.09. The second-order valence-electron chi connectivity index (χ2n) is 4.26. The monoisotopic (exact) mass is 345 g/mol. The molecule has 20 heavy (non-hydrogen) atoms. The Balaban J connectivity index is 0.00000180. The summed E-state index contributed by atoms with van der Waals surface area (Å²) in [5.41, 5.74) is -0.235. The zero-order chi connectivity index (χ0) is 13.1. The molecule has 0 aromatic rings. The second-order valence-corrected chi connectivity index (χ2v) is 5.35. The molecular weight excluding hydrogens is 325 g/mol. The Morgan fingerprint density at radius 1 is 1.40 bits per heavy atom. The molecule has 6 nitrogen and oxygen atoms in total. The van der Waals surface area contributed by atoms with Crippen LogP contribution in [0.3, 0.4) is 0 Å². The summed E-state index contributed by atoms with van der Waals surface area (Å²) in [4.78, 5) is 4.29. The molecule has 0 spiro atoms. The number of hydrogen-bond donors (Lipinski definition) is 4. The third-order valence-corrected chi connectivity index (χ3v) is 4.17. The van der Waals surface area contributed by atoms with Gasteiger partial charge in [0.15, 0.2) is 5.17 Å². The van der Waals surface area contributed by atoms with E-state index in [2.05, 4.69) is 22.2 Å². The number of nitrogens with zero attached hydrogens (tertiary/aromatic N) is 1. The summed E-state index contributed by atoms with van der Waals surface area (Å²) in [6.07, 6.45) is -0.511. The highest BCUT2D eigenvalue weighted by Gasteiger charge is 2.47. The van der Waals surface area contributed by atoms with Gasteiger partial charge in [0.25, 0.3) is 0 Å². The average molecular weight is 346 g/mol. The molecular formula is C11H21Cl2N3O3S. The van der Waals surface area contributed by atoms with Crippen molar-refractivity contribution in [3.05, 3.63) is 12.7 Å². The van der Waals surface area contributed by atoms with E-state index in [0.29, 0.717) is 13.1 Å². The van der Waals surface area contributed by atoms with Crippen molar-refractivity contribution < 1.29 is 14.9 Å². The SMILES string of the molecule is C=CCNC[C@H]1O[C@@H]2SC(NC)=N[C@@H]2[C@@H](O)[C@@H]1O.Cl.Cl. The van der Waals surface area contributed by atoms with Gasteiger partial charge in [-0.1, -0.05) is 17.8 Å². The van der Waals surface area contributed by atoms with Gasteiger partial charge in [0, 0.05) is 20.1 Å². The maximum atomic E-state index is 10.1. The zero-order valence-electron chi connectivity index (χ0n) is 11.1. The Morgan fingerprint density at radius 2 is 2.10 bits per heavy atom. The van der Waals surface area contributed by atoms with E-state index < -0.39 is 24.4 Å². The van der Waals surface area contributed by atoms with E-state index in [4.69, 9.17) is 4.74 Å². The third kappa shape index (κ3) is 4.24. The molecule has 2 heterocycles. The van der Waals surface area contributed by atoms with Crippen LogP contribution in [0.5, 0.6) is 0 Å². The Bertz CT molecular complexity index is 349. The van der Waals surface area contributed by atoms with Crippen molar-refractivity contribution in [3.63, 3.8) is 0 Å². The quantitative estimate of drug-likeness (QED) is 0.415. The summed E-state index contributed by atoms with van der Waals surface area (Å²) in [5.74, 6) is 0. The van der Waals surface area contributed by atoms with Gasteiger partial charge >= 0.3 is 0 Å².